The second-order valence-corrected chi connectivity index (χ2v) is 7.08. The molecule has 136 valence electrons. The maximum atomic E-state index is 12.9. The number of piperidine rings is 1. The number of amides is 2. The fraction of sp³-hybridized carbons (Fsp3) is 0.632. The fourth-order valence-electron chi connectivity index (χ4n) is 3.71. The van der Waals surface area contributed by atoms with Gasteiger partial charge in [-0.25, -0.2) is 0 Å². The predicted molar refractivity (Wildman–Crippen MR) is 96.6 cm³/mol. The summed E-state index contributed by atoms with van der Waals surface area (Å²) in [5.74, 6) is -0.0465. The van der Waals surface area contributed by atoms with Crippen molar-refractivity contribution in [1.29, 1.82) is 0 Å². The van der Waals surface area contributed by atoms with Crippen LogP contribution in [0.2, 0.25) is 0 Å². The first-order valence-corrected chi connectivity index (χ1v) is 9.35. The molecule has 2 saturated heterocycles. The van der Waals surface area contributed by atoms with Gasteiger partial charge in [-0.2, -0.15) is 0 Å². The highest BCUT2D eigenvalue weighted by Crippen LogP contribution is 2.21. The molecule has 3 rings (SSSR count). The fourth-order valence-corrected chi connectivity index (χ4v) is 3.71. The number of rotatable bonds is 3. The number of nitrogens with zero attached hydrogens (tertiary/aromatic N) is 4. The average molecular weight is 344 g/mol. The molecule has 1 aromatic heterocycles. The van der Waals surface area contributed by atoms with Gasteiger partial charge < -0.3 is 14.7 Å². The minimum absolute atomic E-state index is 0.00441. The van der Waals surface area contributed by atoms with Crippen LogP contribution in [0, 0.1) is 0 Å². The van der Waals surface area contributed by atoms with Crippen LogP contribution in [0.1, 0.15) is 53.5 Å². The molecule has 2 fully saturated rings. The van der Waals surface area contributed by atoms with Crippen molar-refractivity contribution >= 4 is 11.8 Å². The van der Waals surface area contributed by atoms with Crippen molar-refractivity contribution < 1.29 is 9.59 Å². The molecule has 1 atom stereocenters. The molecule has 0 spiro atoms. The van der Waals surface area contributed by atoms with E-state index in [0.29, 0.717) is 17.3 Å². The highest BCUT2D eigenvalue weighted by atomic mass is 16.2. The van der Waals surface area contributed by atoms with Gasteiger partial charge in [0, 0.05) is 50.5 Å². The Bertz CT molecular complexity index is 626. The number of piperazine rings is 1. The van der Waals surface area contributed by atoms with E-state index in [9.17, 15) is 9.59 Å². The molecule has 0 radical (unpaired) electrons. The lowest BCUT2D eigenvalue weighted by Gasteiger charge is -2.35. The molecular weight excluding hydrogens is 316 g/mol. The zero-order valence-corrected chi connectivity index (χ0v) is 15.3. The number of aromatic nitrogens is 1. The number of likely N-dealkylation sites (N-methyl/N-ethyl adjacent to an activating group) is 1. The topological polar surface area (TPSA) is 56.8 Å². The van der Waals surface area contributed by atoms with Crippen molar-refractivity contribution in [3.8, 4) is 0 Å². The molecule has 25 heavy (non-hydrogen) atoms. The van der Waals surface area contributed by atoms with Crippen molar-refractivity contribution in [2.45, 2.75) is 38.6 Å². The van der Waals surface area contributed by atoms with Crippen molar-refractivity contribution in [3.05, 3.63) is 29.6 Å². The van der Waals surface area contributed by atoms with E-state index in [1.165, 1.54) is 6.42 Å². The monoisotopic (exact) mass is 344 g/mol. The van der Waals surface area contributed by atoms with Crippen LogP contribution in [-0.2, 0) is 0 Å². The number of carbonyl (C=O) groups excluding carboxylic acids is 2. The third kappa shape index (κ3) is 4.00. The Hall–Kier alpha value is -1.95. The summed E-state index contributed by atoms with van der Waals surface area (Å²) in [6.07, 6.45) is 5.83. The van der Waals surface area contributed by atoms with Crippen LogP contribution in [-0.4, -0.2) is 77.3 Å². The molecule has 0 saturated carbocycles. The Labute approximate surface area is 149 Å². The lowest BCUT2D eigenvalue weighted by molar-refractivity contribution is 0.0602. The largest absolute Gasteiger partial charge is 0.336 e. The molecule has 2 aliphatic rings. The van der Waals surface area contributed by atoms with E-state index >= 15 is 0 Å². The zero-order valence-electron chi connectivity index (χ0n) is 15.3. The summed E-state index contributed by atoms with van der Waals surface area (Å²) in [6, 6.07) is 3.68. The summed E-state index contributed by atoms with van der Waals surface area (Å²) < 4.78 is 0. The molecule has 2 amide bonds. The minimum Gasteiger partial charge on any atom is -0.336 e. The molecule has 6 nitrogen and oxygen atoms in total. The Morgan fingerprint density at radius 1 is 1.12 bits per heavy atom. The van der Waals surface area contributed by atoms with Crippen LogP contribution in [0.3, 0.4) is 0 Å². The third-order valence-corrected chi connectivity index (χ3v) is 5.38. The Morgan fingerprint density at radius 2 is 1.88 bits per heavy atom. The first-order chi connectivity index (χ1) is 12.1. The maximum absolute atomic E-state index is 12.9. The number of hydrogen-bond acceptors (Lipinski definition) is 4. The van der Waals surface area contributed by atoms with Crippen LogP contribution in [0.25, 0.3) is 0 Å². The minimum atomic E-state index is -0.0421. The lowest BCUT2D eigenvalue weighted by atomic mass is 9.99. The summed E-state index contributed by atoms with van der Waals surface area (Å²) in [7, 11) is 2.06. The molecular formula is C19H28N4O2. The molecule has 6 heteroatoms. The van der Waals surface area contributed by atoms with Gasteiger partial charge in [-0.1, -0.05) is 6.92 Å². The van der Waals surface area contributed by atoms with Gasteiger partial charge >= 0.3 is 0 Å². The van der Waals surface area contributed by atoms with Crippen LogP contribution in [0.5, 0.6) is 0 Å². The SMILES string of the molecule is CCC1CCCCN1C(=O)c1cc(C(=O)N2CCN(C)CC2)ccn1. The first-order valence-electron chi connectivity index (χ1n) is 9.35. The van der Waals surface area contributed by atoms with Gasteiger partial charge in [-0.3, -0.25) is 14.6 Å². The van der Waals surface area contributed by atoms with Crippen LogP contribution < -0.4 is 0 Å². The molecule has 0 aromatic carbocycles. The van der Waals surface area contributed by atoms with Crippen molar-refractivity contribution in [2.24, 2.45) is 0 Å². The highest BCUT2D eigenvalue weighted by Gasteiger charge is 2.28. The molecule has 0 bridgehead atoms. The van der Waals surface area contributed by atoms with Gasteiger partial charge in [0.05, 0.1) is 0 Å². The summed E-state index contributed by atoms with van der Waals surface area (Å²) in [5.41, 5.74) is 0.952. The van der Waals surface area contributed by atoms with E-state index in [0.717, 1.165) is 52.0 Å². The first kappa shape index (κ1) is 17.9. The second-order valence-electron chi connectivity index (χ2n) is 7.08. The Morgan fingerprint density at radius 3 is 2.60 bits per heavy atom. The van der Waals surface area contributed by atoms with E-state index in [1.807, 2.05) is 9.80 Å². The summed E-state index contributed by atoms with van der Waals surface area (Å²) in [6.45, 7) is 6.13. The van der Waals surface area contributed by atoms with E-state index in [1.54, 1.807) is 18.3 Å². The van der Waals surface area contributed by atoms with E-state index in [4.69, 9.17) is 0 Å². The summed E-state index contributed by atoms with van der Waals surface area (Å²) in [4.78, 5) is 35.9. The molecule has 1 aromatic rings. The van der Waals surface area contributed by atoms with Gasteiger partial charge in [0.25, 0.3) is 11.8 Å². The highest BCUT2D eigenvalue weighted by molar-refractivity contribution is 5.98. The van der Waals surface area contributed by atoms with Crippen molar-refractivity contribution in [2.75, 3.05) is 39.8 Å². The van der Waals surface area contributed by atoms with Crippen molar-refractivity contribution in [3.63, 3.8) is 0 Å². The van der Waals surface area contributed by atoms with Crippen molar-refractivity contribution in [1.82, 2.24) is 19.7 Å². The Kier molecular flexibility index (Phi) is 5.68. The van der Waals surface area contributed by atoms with E-state index in [-0.39, 0.29) is 11.8 Å². The molecule has 2 aliphatic heterocycles. The molecule has 0 N–H and O–H groups in total. The Balaban J connectivity index is 1.74. The number of hydrogen-bond donors (Lipinski definition) is 0. The normalized spacial score (nSPS) is 22.1. The smallest absolute Gasteiger partial charge is 0.272 e. The van der Waals surface area contributed by atoms with Crippen LogP contribution in [0.4, 0.5) is 0 Å². The standard InChI is InChI=1S/C19H28N4O2/c1-3-16-6-4-5-9-23(16)19(25)17-14-15(7-8-20-17)18(24)22-12-10-21(2)11-13-22/h7-8,14,16H,3-6,9-13H2,1-2H3. The number of likely N-dealkylation sites (tertiary alicyclic amines) is 1. The predicted octanol–water partition coefficient (Wildman–Crippen LogP) is 1.87. The third-order valence-electron chi connectivity index (χ3n) is 5.38. The van der Waals surface area contributed by atoms with E-state index in [2.05, 4.69) is 23.9 Å². The van der Waals surface area contributed by atoms with Gasteiger partial charge in [-0.05, 0) is 44.9 Å². The van der Waals surface area contributed by atoms with Gasteiger partial charge in [-0.15, -0.1) is 0 Å². The van der Waals surface area contributed by atoms with Gasteiger partial charge in [0.1, 0.15) is 5.69 Å². The zero-order chi connectivity index (χ0) is 17.8. The van der Waals surface area contributed by atoms with Crippen LogP contribution in [0.15, 0.2) is 18.3 Å². The average Bonchev–Trinajstić information content (AvgIpc) is 2.67. The van der Waals surface area contributed by atoms with Crippen LogP contribution >= 0.6 is 0 Å². The van der Waals surface area contributed by atoms with E-state index < -0.39 is 0 Å². The maximum Gasteiger partial charge on any atom is 0.272 e. The van der Waals surface area contributed by atoms with Gasteiger partial charge in [0.2, 0.25) is 0 Å². The number of carbonyl (C=O) groups is 2. The lowest BCUT2D eigenvalue weighted by Crippen LogP contribution is -2.47. The molecule has 0 aliphatic carbocycles. The second kappa shape index (κ2) is 7.95. The quantitative estimate of drug-likeness (QED) is 0.840. The summed E-state index contributed by atoms with van der Waals surface area (Å²) in [5, 5.41) is 0. The summed E-state index contributed by atoms with van der Waals surface area (Å²) >= 11 is 0. The van der Waals surface area contributed by atoms with Gasteiger partial charge in [0.15, 0.2) is 0 Å². The molecule has 1 unspecified atom stereocenters. The molecule has 3 heterocycles. The number of pyridine rings is 1.